The van der Waals surface area contributed by atoms with Crippen molar-refractivity contribution in [1.29, 1.82) is 0 Å². The molecule has 0 amide bonds. The second-order valence-electron chi connectivity index (χ2n) is 3.60. The van der Waals surface area contributed by atoms with Gasteiger partial charge in [-0.05, 0) is 18.6 Å². The number of aliphatic hydroxyl groups is 1. The molecule has 84 valence electrons. The van der Waals surface area contributed by atoms with Crippen LogP contribution in [-0.4, -0.2) is 10.1 Å². The van der Waals surface area contributed by atoms with E-state index in [1.807, 2.05) is 36.6 Å². The molecule has 1 heterocycles. The topological polar surface area (TPSA) is 33.1 Å². The number of benzene rings is 1. The number of hydrogen-bond acceptors (Lipinski definition) is 3. The van der Waals surface area contributed by atoms with Gasteiger partial charge < -0.3 is 5.11 Å². The van der Waals surface area contributed by atoms with Gasteiger partial charge in [-0.3, -0.25) is 0 Å². The van der Waals surface area contributed by atoms with Gasteiger partial charge in [-0.25, -0.2) is 4.98 Å². The first-order valence-corrected chi connectivity index (χ1v) is 6.67. The summed E-state index contributed by atoms with van der Waals surface area (Å²) in [7, 11) is 0. The van der Waals surface area contributed by atoms with Crippen molar-refractivity contribution >= 4 is 27.3 Å². The summed E-state index contributed by atoms with van der Waals surface area (Å²) in [6.07, 6.45) is 0.0635. The standard InChI is InChI=1S/C12H12BrNOS/c1-8-14-11(7-16-8)12(15)6-9-4-2-3-5-10(9)13/h2-5,7,12,15H,6H2,1H3. The van der Waals surface area contributed by atoms with E-state index >= 15 is 0 Å². The molecule has 0 aliphatic heterocycles. The average Bonchev–Trinajstić information content (AvgIpc) is 2.68. The van der Waals surface area contributed by atoms with Crippen LogP contribution in [0.2, 0.25) is 0 Å². The van der Waals surface area contributed by atoms with Gasteiger partial charge >= 0.3 is 0 Å². The molecule has 0 fully saturated rings. The number of halogens is 1. The largest absolute Gasteiger partial charge is 0.386 e. The van der Waals surface area contributed by atoms with Crippen molar-refractivity contribution in [3.05, 3.63) is 50.4 Å². The lowest BCUT2D eigenvalue weighted by Gasteiger charge is -2.09. The Bertz CT molecular complexity index is 483. The van der Waals surface area contributed by atoms with Gasteiger partial charge in [0.2, 0.25) is 0 Å². The average molecular weight is 298 g/mol. The van der Waals surface area contributed by atoms with Crippen LogP contribution in [0.1, 0.15) is 22.4 Å². The van der Waals surface area contributed by atoms with Gasteiger partial charge in [0.1, 0.15) is 6.10 Å². The van der Waals surface area contributed by atoms with Gasteiger partial charge in [0.15, 0.2) is 0 Å². The molecule has 0 aliphatic carbocycles. The highest BCUT2D eigenvalue weighted by Crippen LogP contribution is 2.24. The van der Waals surface area contributed by atoms with Crippen molar-refractivity contribution in [1.82, 2.24) is 4.98 Å². The Morgan fingerprint density at radius 3 is 2.81 bits per heavy atom. The zero-order valence-corrected chi connectivity index (χ0v) is 11.3. The van der Waals surface area contributed by atoms with E-state index in [1.165, 1.54) is 0 Å². The molecule has 1 N–H and O–H groups in total. The lowest BCUT2D eigenvalue weighted by atomic mass is 10.1. The fraction of sp³-hybridized carbons (Fsp3) is 0.250. The van der Waals surface area contributed by atoms with Gasteiger partial charge in [0, 0.05) is 16.3 Å². The summed E-state index contributed by atoms with van der Waals surface area (Å²) in [5.74, 6) is 0. The zero-order chi connectivity index (χ0) is 11.5. The third-order valence-corrected chi connectivity index (χ3v) is 3.91. The lowest BCUT2D eigenvalue weighted by Crippen LogP contribution is -2.02. The van der Waals surface area contributed by atoms with E-state index in [9.17, 15) is 5.11 Å². The van der Waals surface area contributed by atoms with Gasteiger partial charge in [-0.1, -0.05) is 34.1 Å². The van der Waals surface area contributed by atoms with E-state index in [0.717, 1.165) is 20.7 Å². The van der Waals surface area contributed by atoms with Crippen LogP contribution in [-0.2, 0) is 6.42 Å². The van der Waals surface area contributed by atoms with Crippen molar-refractivity contribution in [2.24, 2.45) is 0 Å². The molecule has 1 aromatic heterocycles. The smallest absolute Gasteiger partial charge is 0.101 e. The molecule has 4 heteroatoms. The fourth-order valence-corrected chi connectivity index (χ4v) is 2.62. The molecular weight excluding hydrogens is 286 g/mol. The van der Waals surface area contributed by atoms with Crippen LogP contribution in [0, 0.1) is 6.92 Å². The molecule has 0 radical (unpaired) electrons. The first kappa shape index (κ1) is 11.8. The highest BCUT2D eigenvalue weighted by molar-refractivity contribution is 9.10. The Hall–Kier alpha value is -0.710. The summed E-state index contributed by atoms with van der Waals surface area (Å²) in [6.45, 7) is 1.94. The van der Waals surface area contributed by atoms with E-state index in [-0.39, 0.29) is 0 Å². The van der Waals surface area contributed by atoms with Crippen molar-refractivity contribution < 1.29 is 5.11 Å². The van der Waals surface area contributed by atoms with Crippen LogP contribution in [0.5, 0.6) is 0 Å². The molecule has 0 aliphatic rings. The highest BCUT2D eigenvalue weighted by atomic mass is 79.9. The summed E-state index contributed by atoms with van der Waals surface area (Å²) >= 11 is 5.04. The van der Waals surface area contributed by atoms with Crippen LogP contribution in [0.3, 0.4) is 0 Å². The molecule has 2 rings (SSSR count). The van der Waals surface area contributed by atoms with Gasteiger partial charge in [-0.15, -0.1) is 11.3 Å². The Morgan fingerprint density at radius 2 is 2.19 bits per heavy atom. The monoisotopic (exact) mass is 297 g/mol. The summed E-state index contributed by atoms with van der Waals surface area (Å²) in [5, 5.41) is 12.9. The number of rotatable bonds is 3. The highest BCUT2D eigenvalue weighted by Gasteiger charge is 2.12. The van der Waals surface area contributed by atoms with E-state index in [1.54, 1.807) is 11.3 Å². The lowest BCUT2D eigenvalue weighted by molar-refractivity contribution is 0.174. The second kappa shape index (κ2) is 5.08. The molecule has 1 aromatic carbocycles. The molecular formula is C12H12BrNOS. The Kier molecular flexibility index (Phi) is 3.74. The van der Waals surface area contributed by atoms with Gasteiger partial charge in [-0.2, -0.15) is 0 Å². The summed E-state index contributed by atoms with van der Waals surface area (Å²) in [4.78, 5) is 4.29. The Balaban J connectivity index is 2.13. The van der Waals surface area contributed by atoms with Crippen molar-refractivity contribution in [3.8, 4) is 0 Å². The van der Waals surface area contributed by atoms with E-state index in [0.29, 0.717) is 6.42 Å². The van der Waals surface area contributed by atoms with Crippen LogP contribution in [0.25, 0.3) is 0 Å². The van der Waals surface area contributed by atoms with E-state index in [4.69, 9.17) is 0 Å². The SMILES string of the molecule is Cc1nc(C(O)Cc2ccccc2Br)cs1. The molecule has 2 nitrogen and oxygen atoms in total. The number of aliphatic hydroxyl groups excluding tert-OH is 1. The molecule has 0 spiro atoms. The second-order valence-corrected chi connectivity index (χ2v) is 5.52. The molecule has 0 bridgehead atoms. The zero-order valence-electron chi connectivity index (χ0n) is 8.85. The molecule has 1 unspecified atom stereocenters. The summed E-state index contributed by atoms with van der Waals surface area (Å²) in [6, 6.07) is 7.92. The number of hydrogen-bond donors (Lipinski definition) is 1. The molecule has 2 aromatic rings. The Morgan fingerprint density at radius 1 is 1.44 bits per heavy atom. The number of nitrogens with zero attached hydrogens (tertiary/aromatic N) is 1. The first-order chi connectivity index (χ1) is 7.66. The van der Waals surface area contributed by atoms with Crippen LogP contribution < -0.4 is 0 Å². The summed E-state index contributed by atoms with van der Waals surface area (Å²) in [5.41, 5.74) is 1.86. The minimum absolute atomic E-state index is 0.524. The predicted octanol–water partition coefficient (Wildman–Crippen LogP) is 3.49. The van der Waals surface area contributed by atoms with Crippen LogP contribution in [0.4, 0.5) is 0 Å². The number of aromatic nitrogens is 1. The van der Waals surface area contributed by atoms with Crippen molar-refractivity contribution in [3.63, 3.8) is 0 Å². The van der Waals surface area contributed by atoms with E-state index < -0.39 is 6.10 Å². The minimum atomic E-state index is -0.524. The minimum Gasteiger partial charge on any atom is -0.386 e. The van der Waals surface area contributed by atoms with E-state index in [2.05, 4.69) is 20.9 Å². The molecule has 1 atom stereocenters. The maximum atomic E-state index is 10.0. The third-order valence-electron chi connectivity index (χ3n) is 2.35. The first-order valence-electron chi connectivity index (χ1n) is 5.00. The van der Waals surface area contributed by atoms with Crippen LogP contribution in [0.15, 0.2) is 34.1 Å². The maximum Gasteiger partial charge on any atom is 0.101 e. The normalized spacial score (nSPS) is 12.7. The summed E-state index contributed by atoms with van der Waals surface area (Å²) < 4.78 is 1.03. The maximum absolute atomic E-state index is 10.0. The molecule has 0 saturated heterocycles. The van der Waals surface area contributed by atoms with Gasteiger partial charge in [0.05, 0.1) is 10.7 Å². The van der Waals surface area contributed by atoms with Gasteiger partial charge in [0.25, 0.3) is 0 Å². The number of aryl methyl sites for hydroxylation is 1. The third kappa shape index (κ3) is 2.70. The van der Waals surface area contributed by atoms with Crippen LogP contribution >= 0.6 is 27.3 Å². The quantitative estimate of drug-likeness (QED) is 0.941. The van der Waals surface area contributed by atoms with Crippen molar-refractivity contribution in [2.75, 3.05) is 0 Å². The predicted molar refractivity (Wildman–Crippen MR) is 69.7 cm³/mol. The molecule has 16 heavy (non-hydrogen) atoms. The van der Waals surface area contributed by atoms with Crippen molar-refractivity contribution in [2.45, 2.75) is 19.4 Å². The number of thiazole rings is 1. The Labute approximate surface area is 107 Å². The fourth-order valence-electron chi connectivity index (χ4n) is 1.51. The molecule has 0 saturated carbocycles.